The van der Waals surface area contributed by atoms with Crippen LogP contribution < -0.4 is 10.1 Å². The van der Waals surface area contributed by atoms with Crippen molar-refractivity contribution < 1.29 is 67.3 Å². The predicted octanol–water partition coefficient (Wildman–Crippen LogP) is -1.89. The van der Waals surface area contributed by atoms with Crippen molar-refractivity contribution in [2.75, 3.05) is 14.2 Å². The van der Waals surface area contributed by atoms with E-state index in [4.69, 9.17) is 33.2 Å². The minimum atomic E-state index is -2.53. The molecule has 6 aliphatic rings. The van der Waals surface area contributed by atoms with E-state index in [9.17, 15) is 34.2 Å². The predicted molar refractivity (Wildman–Crippen MR) is 133 cm³/mol. The summed E-state index contributed by atoms with van der Waals surface area (Å²) in [6.07, 6.45) is -9.79. The van der Waals surface area contributed by atoms with E-state index in [2.05, 4.69) is 5.32 Å². The lowest BCUT2D eigenvalue weighted by molar-refractivity contribution is -0.239. The first-order chi connectivity index (χ1) is 20.4. The molecule has 2 spiro atoms. The zero-order chi connectivity index (χ0) is 30.9. The highest BCUT2D eigenvalue weighted by Gasteiger charge is 3.05. The molecule has 0 radical (unpaired) electrons. The molecule has 12 atom stereocenters. The monoisotopic (exact) mass is 603 g/mol. The van der Waals surface area contributed by atoms with E-state index in [-0.39, 0.29) is 6.61 Å². The number of benzene rings is 1. The van der Waals surface area contributed by atoms with E-state index in [0.717, 1.165) is 0 Å². The van der Waals surface area contributed by atoms with Crippen LogP contribution >= 0.6 is 0 Å². The van der Waals surface area contributed by atoms with Crippen molar-refractivity contribution in [2.45, 2.75) is 68.5 Å². The van der Waals surface area contributed by atoms with Crippen LogP contribution in [0.15, 0.2) is 24.3 Å². The molecule has 15 nitrogen and oxygen atoms in total. The molecule has 4 unspecified atom stereocenters. The van der Waals surface area contributed by atoms with Crippen molar-refractivity contribution in [1.29, 1.82) is 0 Å². The molecule has 0 aromatic heterocycles. The van der Waals surface area contributed by atoms with Gasteiger partial charge in [0.1, 0.15) is 17.3 Å². The minimum Gasteiger partial charge on any atom is -0.497 e. The first kappa shape index (κ1) is 28.0. The fourth-order valence-electron chi connectivity index (χ4n) is 8.86. The van der Waals surface area contributed by atoms with Gasteiger partial charge in [-0.1, -0.05) is 19.1 Å². The Labute approximate surface area is 243 Å². The zero-order valence-electron chi connectivity index (χ0n) is 23.4. The summed E-state index contributed by atoms with van der Waals surface area (Å²) in [5, 5.41) is 26.2. The molecule has 4 saturated heterocycles. The van der Waals surface area contributed by atoms with Crippen molar-refractivity contribution in [2.24, 2.45) is 22.7 Å². The van der Waals surface area contributed by atoms with Gasteiger partial charge in [0.05, 0.1) is 31.2 Å². The Morgan fingerprint density at radius 3 is 2.37 bits per heavy atom. The summed E-state index contributed by atoms with van der Waals surface area (Å²) in [6.45, 7) is 2.72. The first-order valence-corrected chi connectivity index (χ1v) is 13.8. The molecule has 43 heavy (non-hydrogen) atoms. The summed E-state index contributed by atoms with van der Waals surface area (Å²) in [5.74, 6) is -7.45. The highest BCUT2D eigenvalue weighted by Crippen LogP contribution is 2.83. The Morgan fingerprint density at radius 2 is 1.72 bits per heavy atom. The van der Waals surface area contributed by atoms with Gasteiger partial charge >= 0.3 is 29.8 Å². The number of carbonyl (C=O) groups excluding carboxylic acids is 5. The summed E-state index contributed by atoms with van der Waals surface area (Å²) in [7, 11) is 2.70. The minimum absolute atomic E-state index is 0.147. The van der Waals surface area contributed by atoms with Crippen LogP contribution in [0.1, 0.15) is 19.4 Å². The second kappa shape index (κ2) is 8.65. The Bertz CT molecular complexity index is 1460. The second-order valence-electron chi connectivity index (χ2n) is 11.8. The van der Waals surface area contributed by atoms with Crippen molar-refractivity contribution in [3.63, 3.8) is 0 Å². The van der Waals surface area contributed by atoms with Crippen LogP contribution in [0, 0.1) is 22.7 Å². The summed E-state index contributed by atoms with van der Waals surface area (Å²) in [5.41, 5.74) is -8.39. The van der Waals surface area contributed by atoms with Crippen molar-refractivity contribution in [3.8, 4) is 5.75 Å². The number of esters is 4. The third-order valence-corrected chi connectivity index (χ3v) is 10.6. The number of rotatable bonds is 5. The van der Waals surface area contributed by atoms with Crippen LogP contribution in [0.4, 0.5) is 0 Å². The van der Waals surface area contributed by atoms with Gasteiger partial charge < -0.3 is 48.7 Å². The van der Waals surface area contributed by atoms with E-state index in [1.165, 1.54) is 21.1 Å². The largest absolute Gasteiger partial charge is 0.497 e. The van der Waals surface area contributed by atoms with E-state index < -0.39 is 100 Å². The van der Waals surface area contributed by atoms with E-state index >= 15 is 0 Å². The van der Waals surface area contributed by atoms with Crippen LogP contribution in [0.2, 0.25) is 0 Å². The summed E-state index contributed by atoms with van der Waals surface area (Å²) in [6, 6.07) is 6.79. The van der Waals surface area contributed by atoms with Crippen LogP contribution in [0.5, 0.6) is 5.75 Å². The molecule has 4 aliphatic heterocycles. The van der Waals surface area contributed by atoms with E-state index in [0.29, 0.717) is 11.3 Å². The molecule has 230 valence electrons. The third-order valence-electron chi connectivity index (χ3n) is 10.6. The van der Waals surface area contributed by atoms with Gasteiger partial charge in [-0.3, -0.25) is 9.59 Å². The molecule has 3 N–H and O–H groups in total. The fourth-order valence-corrected chi connectivity index (χ4v) is 8.86. The number of hydrogen-bond donors (Lipinski definition) is 3. The molecule has 2 aliphatic carbocycles. The number of amides is 1. The Morgan fingerprint density at radius 1 is 1.02 bits per heavy atom. The SMILES string of the molecule is CNC(=O)C(=O)O[C@H]1[C@@H]2OC(=O)[C@@H](C)[C@]2(O)[C@]23OC4OC(=O)[C@H](OCc5ccc(OC)cc5)C45[C@H](C)[C@@H](O)C(OC2=O)C153. The quantitative estimate of drug-likeness (QED) is 0.191. The number of nitrogens with one attached hydrogen (secondary N) is 1. The van der Waals surface area contributed by atoms with Crippen LogP contribution in [0.3, 0.4) is 0 Å². The third kappa shape index (κ3) is 2.74. The van der Waals surface area contributed by atoms with Gasteiger partial charge in [0, 0.05) is 13.0 Å². The van der Waals surface area contributed by atoms with E-state index in [1.54, 1.807) is 31.2 Å². The number of fused-ring (bicyclic) bond motifs is 1. The number of ether oxygens (including phenoxy) is 7. The lowest BCUT2D eigenvalue weighted by atomic mass is 9.53. The number of aliphatic hydroxyl groups excluding tert-OH is 1. The average molecular weight is 604 g/mol. The van der Waals surface area contributed by atoms with Crippen LogP contribution in [-0.2, 0) is 59.0 Å². The number of methoxy groups -OCH3 is 1. The highest BCUT2D eigenvalue weighted by atomic mass is 16.8. The van der Waals surface area contributed by atoms with Gasteiger partial charge in [0.15, 0.2) is 23.9 Å². The standard InChI is InChI=1S/C28H29NO14/c1-10-14(30)15-26-16(39-22(34)19(31)29-3)17-27(36,11(2)20(32)40-17)28(26,23(35)41-15)43-24-25(10,26)18(21(33)42-24)38-9-12-5-7-13(37-4)8-6-12/h5-8,10-11,14-18,24,30,36H,9H2,1-4H3,(H,29,31)/t10-,11-,14-,15?,16+,17+,18+,24?,25?,26?,27-,28+/m1/s1. The lowest BCUT2D eigenvalue weighted by Crippen LogP contribution is -2.67. The Hall–Kier alpha value is -3.79. The van der Waals surface area contributed by atoms with E-state index in [1.807, 2.05) is 0 Å². The topological polar surface area (TPSA) is 202 Å². The number of likely N-dealkylation sites (N-methyl/N-ethyl adjacent to an activating group) is 1. The fraction of sp³-hybridized carbons (Fsp3) is 0.607. The van der Waals surface area contributed by atoms with Crippen molar-refractivity contribution in [3.05, 3.63) is 29.8 Å². The molecule has 7 rings (SSSR count). The zero-order valence-corrected chi connectivity index (χ0v) is 23.4. The number of aliphatic hydroxyl groups is 2. The molecule has 6 fully saturated rings. The molecule has 15 heteroatoms. The van der Waals surface area contributed by atoms with Crippen LogP contribution in [0.25, 0.3) is 0 Å². The molecule has 1 aromatic carbocycles. The maximum Gasteiger partial charge on any atom is 0.397 e. The smallest absolute Gasteiger partial charge is 0.397 e. The summed E-state index contributed by atoms with van der Waals surface area (Å²) < 4.78 is 40.3. The Balaban J connectivity index is 1.43. The molecule has 1 amide bonds. The van der Waals surface area contributed by atoms with Gasteiger partial charge in [0.2, 0.25) is 11.9 Å². The lowest BCUT2D eigenvalue weighted by Gasteiger charge is -2.45. The average Bonchev–Trinajstić information content (AvgIpc) is 3.69. The van der Waals surface area contributed by atoms with Gasteiger partial charge in [-0.2, -0.15) is 0 Å². The maximum atomic E-state index is 14.0. The number of hydrogen-bond acceptors (Lipinski definition) is 14. The molecule has 1 aromatic rings. The summed E-state index contributed by atoms with van der Waals surface area (Å²) >= 11 is 0. The van der Waals surface area contributed by atoms with Gasteiger partial charge in [-0.15, -0.1) is 0 Å². The molecule has 4 heterocycles. The molecule has 0 bridgehead atoms. The molecule has 2 saturated carbocycles. The normalized spacial score (nSPS) is 46.3. The number of carbonyl (C=O) groups is 5. The van der Waals surface area contributed by atoms with Gasteiger partial charge in [-0.05, 0) is 24.6 Å². The highest BCUT2D eigenvalue weighted by molar-refractivity contribution is 6.32. The molecular formula is C28H29NO14. The summed E-state index contributed by atoms with van der Waals surface area (Å²) in [4.78, 5) is 65.8. The van der Waals surface area contributed by atoms with Gasteiger partial charge in [0.25, 0.3) is 0 Å². The van der Waals surface area contributed by atoms with Crippen LogP contribution in [-0.4, -0.2) is 102 Å². The Kier molecular flexibility index (Phi) is 5.63. The van der Waals surface area contributed by atoms with Gasteiger partial charge in [-0.25, -0.2) is 14.4 Å². The first-order valence-electron chi connectivity index (χ1n) is 13.8. The van der Waals surface area contributed by atoms with Crippen molar-refractivity contribution >= 4 is 29.8 Å². The second-order valence-corrected chi connectivity index (χ2v) is 11.8. The van der Waals surface area contributed by atoms with Crippen molar-refractivity contribution in [1.82, 2.24) is 5.32 Å². The maximum absolute atomic E-state index is 14.0. The molecular weight excluding hydrogens is 574 g/mol.